The normalized spacial score (nSPS) is 27.9. The molecule has 1 fully saturated rings. The lowest BCUT2D eigenvalue weighted by Gasteiger charge is -2.35. The topological polar surface area (TPSA) is 29.3 Å². The van der Waals surface area contributed by atoms with Crippen molar-refractivity contribution in [1.29, 1.82) is 0 Å². The Morgan fingerprint density at radius 2 is 2.14 bits per heavy atom. The van der Waals surface area contributed by atoms with Crippen LogP contribution in [0.5, 0.6) is 0 Å². The van der Waals surface area contributed by atoms with Gasteiger partial charge in [0.15, 0.2) is 0 Å². The SMILES string of the molecule is CCC(C)C(CN)N1CCCC1CC. The molecule has 2 heteroatoms. The van der Waals surface area contributed by atoms with Crippen LogP contribution in [0.25, 0.3) is 0 Å². The molecule has 0 amide bonds. The fourth-order valence-electron chi connectivity index (χ4n) is 2.70. The van der Waals surface area contributed by atoms with E-state index >= 15 is 0 Å². The van der Waals surface area contributed by atoms with E-state index in [1.165, 1.54) is 32.2 Å². The minimum Gasteiger partial charge on any atom is -0.329 e. The standard InChI is InChI=1S/C12H26N2/c1-4-10(3)12(9-13)14-8-6-7-11(14)5-2/h10-12H,4-9,13H2,1-3H3. The summed E-state index contributed by atoms with van der Waals surface area (Å²) in [6.45, 7) is 9.00. The Labute approximate surface area is 88.8 Å². The van der Waals surface area contributed by atoms with Gasteiger partial charge in [-0.2, -0.15) is 0 Å². The molecule has 3 unspecified atom stereocenters. The molecule has 1 aliphatic heterocycles. The van der Waals surface area contributed by atoms with E-state index in [0.717, 1.165) is 18.5 Å². The summed E-state index contributed by atoms with van der Waals surface area (Å²) in [5.74, 6) is 0.743. The van der Waals surface area contributed by atoms with Gasteiger partial charge in [0.2, 0.25) is 0 Å². The second kappa shape index (κ2) is 5.72. The van der Waals surface area contributed by atoms with Crippen molar-refractivity contribution in [2.24, 2.45) is 11.7 Å². The van der Waals surface area contributed by atoms with Gasteiger partial charge >= 0.3 is 0 Å². The van der Waals surface area contributed by atoms with Crippen molar-refractivity contribution in [2.75, 3.05) is 13.1 Å². The van der Waals surface area contributed by atoms with Gasteiger partial charge in [-0.05, 0) is 31.7 Å². The maximum absolute atomic E-state index is 5.90. The molecule has 1 rings (SSSR count). The van der Waals surface area contributed by atoms with E-state index in [9.17, 15) is 0 Å². The van der Waals surface area contributed by atoms with Crippen LogP contribution in [0.3, 0.4) is 0 Å². The smallest absolute Gasteiger partial charge is 0.0246 e. The predicted octanol–water partition coefficient (Wildman–Crippen LogP) is 2.23. The largest absolute Gasteiger partial charge is 0.329 e. The van der Waals surface area contributed by atoms with Crippen LogP contribution in [0.4, 0.5) is 0 Å². The molecule has 0 aromatic carbocycles. The van der Waals surface area contributed by atoms with Crippen LogP contribution >= 0.6 is 0 Å². The molecular formula is C12H26N2. The van der Waals surface area contributed by atoms with Gasteiger partial charge in [-0.15, -0.1) is 0 Å². The van der Waals surface area contributed by atoms with Crippen molar-refractivity contribution in [3.05, 3.63) is 0 Å². The number of nitrogens with two attached hydrogens (primary N) is 1. The molecule has 1 aliphatic rings. The summed E-state index contributed by atoms with van der Waals surface area (Å²) in [4.78, 5) is 2.66. The average molecular weight is 198 g/mol. The summed E-state index contributed by atoms with van der Waals surface area (Å²) >= 11 is 0. The summed E-state index contributed by atoms with van der Waals surface area (Å²) in [6, 6.07) is 1.42. The Morgan fingerprint density at radius 3 is 2.64 bits per heavy atom. The van der Waals surface area contributed by atoms with Gasteiger partial charge in [0.05, 0.1) is 0 Å². The van der Waals surface area contributed by atoms with Gasteiger partial charge in [0.1, 0.15) is 0 Å². The monoisotopic (exact) mass is 198 g/mol. The van der Waals surface area contributed by atoms with E-state index in [2.05, 4.69) is 25.7 Å². The number of likely N-dealkylation sites (tertiary alicyclic amines) is 1. The van der Waals surface area contributed by atoms with Crippen molar-refractivity contribution in [3.63, 3.8) is 0 Å². The zero-order chi connectivity index (χ0) is 10.6. The molecule has 0 aliphatic carbocycles. The third-order valence-corrected chi connectivity index (χ3v) is 3.86. The van der Waals surface area contributed by atoms with Crippen molar-refractivity contribution >= 4 is 0 Å². The third kappa shape index (κ3) is 2.48. The van der Waals surface area contributed by atoms with Crippen LogP contribution in [-0.4, -0.2) is 30.1 Å². The highest BCUT2D eigenvalue weighted by Gasteiger charge is 2.30. The lowest BCUT2D eigenvalue weighted by Crippen LogP contribution is -2.46. The molecule has 2 N–H and O–H groups in total. The fraction of sp³-hybridized carbons (Fsp3) is 1.00. The zero-order valence-electron chi connectivity index (χ0n) is 10.00. The van der Waals surface area contributed by atoms with Crippen LogP contribution in [-0.2, 0) is 0 Å². The van der Waals surface area contributed by atoms with Gasteiger partial charge in [0, 0.05) is 18.6 Å². The first-order valence-corrected chi connectivity index (χ1v) is 6.20. The highest BCUT2D eigenvalue weighted by molar-refractivity contribution is 4.86. The van der Waals surface area contributed by atoms with Crippen LogP contribution in [0, 0.1) is 5.92 Å². The average Bonchev–Trinajstić information content (AvgIpc) is 2.66. The van der Waals surface area contributed by atoms with Crippen LogP contribution < -0.4 is 5.73 Å². The molecule has 1 heterocycles. The summed E-state index contributed by atoms with van der Waals surface area (Å²) < 4.78 is 0. The second-order valence-corrected chi connectivity index (χ2v) is 4.63. The Kier molecular flexibility index (Phi) is 4.90. The maximum atomic E-state index is 5.90. The number of hydrogen-bond acceptors (Lipinski definition) is 2. The molecule has 0 spiro atoms. The van der Waals surface area contributed by atoms with Gasteiger partial charge in [-0.25, -0.2) is 0 Å². The molecule has 0 bridgehead atoms. The van der Waals surface area contributed by atoms with Gasteiger partial charge < -0.3 is 5.73 Å². The number of rotatable bonds is 5. The number of hydrogen-bond donors (Lipinski definition) is 1. The predicted molar refractivity (Wildman–Crippen MR) is 62.3 cm³/mol. The van der Waals surface area contributed by atoms with E-state index in [4.69, 9.17) is 5.73 Å². The van der Waals surface area contributed by atoms with E-state index in [1.807, 2.05) is 0 Å². The maximum Gasteiger partial charge on any atom is 0.0246 e. The Hall–Kier alpha value is -0.0800. The van der Waals surface area contributed by atoms with E-state index in [0.29, 0.717) is 6.04 Å². The van der Waals surface area contributed by atoms with E-state index in [-0.39, 0.29) is 0 Å². The first-order valence-electron chi connectivity index (χ1n) is 6.20. The van der Waals surface area contributed by atoms with Gasteiger partial charge in [-0.1, -0.05) is 27.2 Å². The Morgan fingerprint density at radius 1 is 1.43 bits per heavy atom. The molecule has 1 saturated heterocycles. The quantitative estimate of drug-likeness (QED) is 0.734. The lowest BCUT2D eigenvalue weighted by atomic mass is 9.96. The van der Waals surface area contributed by atoms with Crippen molar-refractivity contribution < 1.29 is 0 Å². The summed E-state index contributed by atoms with van der Waals surface area (Å²) in [5.41, 5.74) is 5.90. The van der Waals surface area contributed by atoms with E-state index < -0.39 is 0 Å². The first kappa shape index (κ1) is 12.0. The molecule has 2 nitrogen and oxygen atoms in total. The van der Waals surface area contributed by atoms with Crippen LogP contribution in [0.15, 0.2) is 0 Å². The van der Waals surface area contributed by atoms with Gasteiger partial charge in [-0.3, -0.25) is 4.90 Å². The first-order chi connectivity index (χ1) is 6.74. The van der Waals surface area contributed by atoms with Crippen molar-refractivity contribution in [3.8, 4) is 0 Å². The summed E-state index contributed by atoms with van der Waals surface area (Å²) in [5, 5.41) is 0. The lowest BCUT2D eigenvalue weighted by molar-refractivity contribution is 0.133. The summed E-state index contributed by atoms with van der Waals surface area (Å²) in [7, 11) is 0. The minimum absolute atomic E-state index is 0.618. The minimum atomic E-state index is 0.618. The molecule has 3 atom stereocenters. The van der Waals surface area contributed by atoms with Crippen molar-refractivity contribution in [1.82, 2.24) is 4.90 Å². The van der Waals surface area contributed by atoms with Gasteiger partial charge in [0.25, 0.3) is 0 Å². The zero-order valence-corrected chi connectivity index (χ0v) is 10.00. The Bertz CT molecular complexity index is 158. The molecular weight excluding hydrogens is 172 g/mol. The molecule has 84 valence electrons. The van der Waals surface area contributed by atoms with Crippen molar-refractivity contribution in [2.45, 2.75) is 58.5 Å². The molecule has 0 saturated carbocycles. The van der Waals surface area contributed by atoms with Crippen LogP contribution in [0.1, 0.15) is 46.5 Å². The van der Waals surface area contributed by atoms with Crippen LogP contribution in [0.2, 0.25) is 0 Å². The molecule has 0 aromatic heterocycles. The third-order valence-electron chi connectivity index (χ3n) is 3.86. The van der Waals surface area contributed by atoms with E-state index in [1.54, 1.807) is 0 Å². The number of nitrogens with zero attached hydrogens (tertiary/aromatic N) is 1. The molecule has 0 radical (unpaired) electrons. The summed E-state index contributed by atoms with van der Waals surface area (Å²) in [6.07, 6.45) is 5.27. The fourth-order valence-corrected chi connectivity index (χ4v) is 2.70. The second-order valence-electron chi connectivity index (χ2n) is 4.63. The highest BCUT2D eigenvalue weighted by atomic mass is 15.2. The Balaban J connectivity index is 2.58. The molecule has 14 heavy (non-hydrogen) atoms. The highest BCUT2D eigenvalue weighted by Crippen LogP contribution is 2.26. The molecule has 0 aromatic rings.